The van der Waals surface area contributed by atoms with Gasteiger partial charge in [0.05, 0.1) is 17.1 Å². The number of rotatable bonds is 3. The van der Waals surface area contributed by atoms with Gasteiger partial charge in [0.25, 0.3) is 5.91 Å². The molecule has 1 aliphatic rings. The molecule has 7 nitrogen and oxygen atoms in total. The molecule has 0 aliphatic carbocycles. The van der Waals surface area contributed by atoms with Crippen molar-refractivity contribution in [2.45, 2.75) is 29.7 Å². The van der Waals surface area contributed by atoms with Crippen LogP contribution in [0.5, 0.6) is 0 Å². The van der Waals surface area contributed by atoms with E-state index in [-0.39, 0.29) is 17.4 Å². The number of para-hydroxylation sites is 2. The van der Waals surface area contributed by atoms with E-state index < -0.39 is 12.1 Å². The van der Waals surface area contributed by atoms with E-state index in [1.165, 1.54) is 6.92 Å². The van der Waals surface area contributed by atoms with Gasteiger partial charge in [-0.1, -0.05) is 41.2 Å². The number of hydrogen-bond donors (Lipinski definition) is 1. The number of anilines is 3. The van der Waals surface area contributed by atoms with Crippen LogP contribution in [0.2, 0.25) is 0 Å². The van der Waals surface area contributed by atoms with Gasteiger partial charge in [-0.3, -0.25) is 9.69 Å². The SMILES string of the molecule is Cc1noc(N)c1C(=O)O[C@H](C)C(=O)N1c2ccccc2Sc2ccccc21. The molecule has 28 heavy (non-hydrogen) atoms. The first-order chi connectivity index (χ1) is 13.5. The molecule has 0 saturated heterocycles. The van der Waals surface area contributed by atoms with E-state index in [0.29, 0.717) is 5.69 Å². The summed E-state index contributed by atoms with van der Waals surface area (Å²) in [5.41, 5.74) is 7.48. The number of esters is 1. The van der Waals surface area contributed by atoms with E-state index in [1.807, 2.05) is 48.5 Å². The number of fused-ring (bicyclic) bond motifs is 2. The van der Waals surface area contributed by atoms with Crippen molar-refractivity contribution in [2.24, 2.45) is 0 Å². The summed E-state index contributed by atoms with van der Waals surface area (Å²) in [5, 5.41) is 3.64. The number of carbonyl (C=O) groups is 2. The molecule has 4 rings (SSSR count). The summed E-state index contributed by atoms with van der Waals surface area (Å²) in [6.07, 6.45) is -1.04. The van der Waals surface area contributed by atoms with Gasteiger partial charge in [0.1, 0.15) is 5.56 Å². The van der Waals surface area contributed by atoms with E-state index in [4.69, 9.17) is 15.0 Å². The fourth-order valence-electron chi connectivity index (χ4n) is 3.03. The maximum absolute atomic E-state index is 13.3. The lowest BCUT2D eigenvalue weighted by Gasteiger charge is -2.32. The predicted molar refractivity (Wildman–Crippen MR) is 105 cm³/mol. The second kappa shape index (κ2) is 7.05. The fourth-order valence-corrected chi connectivity index (χ4v) is 4.09. The number of nitrogens with two attached hydrogens (primary N) is 1. The number of hydrogen-bond acceptors (Lipinski definition) is 7. The Morgan fingerprint density at radius 2 is 1.68 bits per heavy atom. The smallest absolute Gasteiger partial charge is 0.346 e. The van der Waals surface area contributed by atoms with Gasteiger partial charge in [-0.15, -0.1) is 0 Å². The van der Waals surface area contributed by atoms with Gasteiger partial charge < -0.3 is 15.0 Å². The van der Waals surface area contributed by atoms with Gasteiger partial charge in [-0.25, -0.2) is 4.79 Å². The fraction of sp³-hybridized carbons (Fsp3) is 0.150. The van der Waals surface area contributed by atoms with Crippen LogP contribution in [0.4, 0.5) is 17.3 Å². The van der Waals surface area contributed by atoms with Crippen molar-refractivity contribution in [1.82, 2.24) is 5.16 Å². The van der Waals surface area contributed by atoms with Gasteiger partial charge >= 0.3 is 5.97 Å². The molecule has 0 fully saturated rings. The first-order valence-corrected chi connectivity index (χ1v) is 9.41. The summed E-state index contributed by atoms with van der Waals surface area (Å²) >= 11 is 1.59. The second-order valence-corrected chi connectivity index (χ2v) is 7.35. The summed E-state index contributed by atoms with van der Waals surface area (Å²) in [6, 6.07) is 15.2. The summed E-state index contributed by atoms with van der Waals surface area (Å²) in [4.78, 5) is 29.2. The van der Waals surface area contributed by atoms with Crippen molar-refractivity contribution in [1.29, 1.82) is 0 Å². The molecular formula is C20H17N3O4S. The Morgan fingerprint density at radius 1 is 1.11 bits per heavy atom. The van der Waals surface area contributed by atoms with Crippen molar-refractivity contribution < 1.29 is 18.8 Å². The minimum absolute atomic E-state index is 0.0367. The minimum atomic E-state index is -1.04. The Morgan fingerprint density at radius 3 is 2.21 bits per heavy atom. The molecule has 0 bridgehead atoms. The monoisotopic (exact) mass is 395 g/mol. The zero-order valence-corrected chi connectivity index (χ0v) is 16.0. The summed E-state index contributed by atoms with van der Waals surface area (Å²) in [6.45, 7) is 3.11. The van der Waals surface area contributed by atoms with Crippen molar-refractivity contribution in [2.75, 3.05) is 10.6 Å². The lowest BCUT2D eigenvalue weighted by atomic mass is 10.2. The molecule has 3 aromatic rings. The zero-order valence-electron chi connectivity index (χ0n) is 15.2. The summed E-state index contributed by atoms with van der Waals surface area (Å²) in [7, 11) is 0. The van der Waals surface area contributed by atoms with Gasteiger partial charge in [0, 0.05) is 9.79 Å². The highest BCUT2D eigenvalue weighted by Crippen LogP contribution is 2.48. The minimum Gasteiger partial charge on any atom is -0.449 e. The quantitative estimate of drug-likeness (QED) is 0.671. The average molecular weight is 395 g/mol. The van der Waals surface area contributed by atoms with Crippen LogP contribution < -0.4 is 10.6 Å². The highest BCUT2D eigenvalue weighted by molar-refractivity contribution is 7.99. The molecule has 0 saturated carbocycles. The van der Waals surface area contributed by atoms with Crippen molar-refractivity contribution >= 4 is 40.9 Å². The van der Waals surface area contributed by atoms with E-state index in [1.54, 1.807) is 23.6 Å². The normalized spacial score (nSPS) is 13.4. The van der Waals surface area contributed by atoms with Crippen LogP contribution in [0.3, 0.4) is 0 Å². The largest absolute Gasteiger partial charge is 0.449 e. The van der Waals surface area contributed by atoms with E-state index in [0.717, 1.165) is 21.2 Å². The number of nitrogen functional groups attached to an aromatic ring is 1. The topological polar surface area (TPSA) is 98.7 Å². The number of aryl methyl sites for hydroxylation is 1. The van der Waals surface area contributed by atoms with Crippen LogP contribution >= 0.6 is 11.8 Å². The maximum atomic E-state index is 13.3. The van der Waals surface area contributed by atoms with Crippen LogP contribution in [0, 0.1) is 6.92 Å². The van der Waals surface area contributed by atoms with Crippen LogP contribution in [0.1, 0.15) is 23.0 Å². The Hall–Kier alpha value is -3.26. The third-order valence-corrected chi connectivity index (χ3v) is 5.51. The molecule has 2 heterocycles. The zero-order chi connectivity index (χ0) is 19.8. The highest BCUT2D eigenvalue weighted by atomic mass is 32.2. The molecule has 1 aliphatic heterocycles. The third-order valence-electron chi connectivity index (χ3n) is 4.38. The molecule has 1 amide bonds. The van der Waals surface area contributed by atoms with Crippen molar-refractivity contribution in [3.8, 4) is 0 Å². The number of carbonyl (C=O) groups excluding carboxylic acids is 2. The van der Waals surface area contributed by atoms with E-state index >= 15 is 0 Å². The first kappa shape index (κ1) is 18.1. The Kier molecular flexibility index (Phi) is 4.56. The lowest BCUT2D eigenvalue weighted by Crippen LogP contribution is -2.38. The molecule has 0 unspecified atom stereocenters. The summed E-state index contributed by atoms with van der Waals surface area (Å²) < 4.78 is 10.2. The second-order valence-electron chi connectivity index (χ2n) is 6.27. The number of aromatic nitrogens is 1. The van der Waals surface area contributed by atoms with Crippen LogP contribution in [-0.2, 0) is 9.53 Å². The predicted octanol–water partition coefficient (Wildman–Crippen LogP) is 3.94. The lowest BCUT2D eigenvalue weighted by molar-refractivity contribution is -0.125. The standard InChI is InChI=1S/C20H17N3O4S/c1-11-17(18(21)27-22-11)20(25)26-12(2)19(24)23-13-7-3-5-9-15(13)28-16-10-6-4-8-14(16)23/h3-10,12H,21H2,1-2H3/t12-/m1/s1. The maximum Gasteiger partial charge on any atom is 0.346 e. The third kappa shape index (κ3) is 3.01. The highest BCUT2D eigenvalue weighted by Gasteiger charge is 2.33. The van der Waals surface area contributed by atoms with Crippen molar-refractivity contribution in [3.05, 3.63) is 59.8 Å². The Balaban J connectivity index is 1.65. The number of nitrogens with zero attached hydrogens (tertiary/aromatic N) is 2. The van der Waals surface area contributed by atoms with Gasteiger partial charge in [-0.2, -0.15) is 0 Å². The van der Waals surface area contributed by atoms with Crippen LogP contribution in [0.25, 0.3) is 0 Å². The summed E-state index contributed by atoms with van der Waals surface area (Å²) in [5.74, 6) is -1.24. The Labute approximate surface area is 165 Å². The molecule has 2 aromatic carbocycles. The Bertz CT molecular complexity index is 1010. The average Bonchev–Trinajstić information content (AvgIpc) is 3.03. The first-order valence-electron chi connectivity index (χ1n) is 8.60. The molecule has 1 aromatic heterocycles. The van der Waals surface area contributed by atoms with Gasteiger partial charge in [0.2, 0.25) is 5.88 Å². The molecule has 1 atom stereocenters. The van der Waals surface area contributed by atoms with Gasteiger partial charge in [-0.05, 0) is 38.1 Å². The van der Waals surface area contributed by atoms with Crippen molar-refractivity contribution in [3.63, 3.8) is 0 Å². The molecule has 0 radical (unpaired) electrons. The molecule has 142 valence electrons. The van der Waals surface area contributed by atoms with Gasteiger partial charge in [0.15, 0.2) is 6.10 Å². The van der Waals surface area contributed by atoms with E-state index in [2.05, 4.69) is 5.16 Å². The number of amides is 1. The van der Waals surface area contributed by atoms with E-state index in [9.17, 15) is 9.59 Å². The molecular weight excluding hydrogens is 378 g/mol. The molecule has 8 heteroatoms. The molecule has 0 spiro atoms. The van der Waals surface area contributed by atoms with Crippen LogP contribution in [0.15, 0.2) is 62.8 Å². The molecule has 2 N–H and O–H groups in total. The number of ether oxygens (including phenoxy) is 1. The number of benzene rings is 2. The van der Waals surface area contributed by atoms with Crippen LogP contribution in [-0.4, -0.2) is 23.1 Å².